The van der Waals surface area contributed by atoms with Gasteiger partial charge >= 0.3 is 0 Å². The smallest absolute Gasteiger partial charge is 0.258 e. The first kappa shape index (κ1) is 6.90. The number of hydrogen-bond acceptors (Lipinski definition) is 4. The predicted octanol–water partition coefficient (Wildman–Crippen LogP) is 1.44. The molecule has 2 rings (SSSR count). The Morgan fingerprint density at radius 1 is 1.58 bits per heavy atom. The lowest BCUT2D eigenvalue weighted by atomic mass is 10.0. The van der Waals surface area contributed by atoms with Crippen LogP contribution in [0.4, 0.5) is 0 Å². The number of allylic oxidation sites excluding steroid dienone is 1. The van der Waals surface area contributed by atoms with Gasteiger partial charge in [0.25, 0.3) is 5.70 Å². The summed E-state index contributed by atoms with van der Waals surface area (Å²) in [6.45, 7) is 0. The zero-order valence-corrected chi connectivity index (χ0v) is 6.04. The molecule has 0 unspecified atom stereocenters. The first-order chi connectivity index (χ1) is 5.77. The number of azo groups is 1. The van der Waals surface area contributed by atoms with Crippen molar-refractivity contribution in [3.8, 4) is 0 Å². The zero-order chi connectivity index (χ0) is 8.55. The molecule has 60 valence electrons. The predicted molar refractivity (Wildman–Crippen MR) is 40.9 cm³/mol. The van der Waals surface area contributed by atoms with E-state index in [1.54, 1.807) is 6.08 Å². The van der Waals surface area contributed by atoms with Gasteiger partial charge in [0.15, 0.2) is 0 Å². The van der Waals surface area contributed by atoms with Gasteiger partial charge < -0.3 is 0 Å². The normalized spacial score (nSPS) is 24.8. The van der Waals surface area contributed by atoms with Gasteiger partial charge in [0.2, 0.25) is 0 Å². The van der Waals surface area contributed by atoms with Crippen LogP contribution in [0.3, 0.4) is 0 Å². The summed E-state index contributed by atoms with van der Waals surface area (Å²) in [6.07, 6.45) is 6.15. The van der Waals surface area contributed by atoms with Crippen molar-refractivity contribution < 1.29 is 4.92 Å². The lowest BCUT2D eigenvalue weighted by Crippen LogP contribution is -2.07. The van der Waals surface area contributed by atoms with Crippen molar-refractivity contribution in [3.63, 3.8) is 0 Å². The summed E-state index contributed by atoms with van der Waals surface area (Å²) in [5, 5.41) is 17.8. The van der Waals surface area contributed by atoms with Crippen molar-refractivity contribution in [1.29, 1.82) is 0 Å². The molecule has 0 saturated heterocycles. The van der Waals surface area contributed by atoms with E-state index in [1.807, 2.05) is 0 Å². The minimum absolute atomic E-state index is 0.0878. The monoisotopic (exact) mass is 163 g/mol. The van der Waals surface area contributed by atoms with Crippen LogP contribution >= 0.6 is 0 Å². The Morgan fingerprint density at radius 2 is 2.42 bits per heavy atom. The van der Waals surface area contributed by atoms with Crippen molar-refractivity contribution in [2.45, 2.75) is 6.04 Å². The highest BCUT2D eigenvalue weighted by molar-refractivity contribution is 5.40. The van der Waals surface area contributed by atoms with Gasteiger partial charge in [-0.15, -0.1) is 0 Å². The first-order valence-electron chi connectivity index (χ1n) is 3.42. The van der Waals surface area contributed by atoms with Gasteiger partial charge in [0, 0.05) is 17.7 Å². The first-order valence-corrected chi connectivity index (χ1v) is 3.42. The van der Waals surface area contributed by atoms with E-state index in [0.717, 1.165) is 5.57 Å². The minimum Gasteiger partial charge on any atom is -0.258 e. The fourth-order valence-corrected chi connectivity index (χ4v) is 1.11. The van der Waals surface area contributed by atoms with E-state index in [0.29, 0.717) is 0 Å². The van der Waals surface area contributed by atoms with Gasteiger partial charge in [-0.3, -0.25) is 10.1 Å². The molecule has 0 amide bonds. The third kappa shape index (κ3) is 0.952. The van der Waals surface area contributed by atoms with Crippen molar-refractivity contribution in [3.05, 3.63) is 45.8 Å². The van der Waals surface area contributed by atoms with Crippen LogP contribution in [0.5, 0.6) is 0 Å². The highest BCUT2D eigenvalue weighted by atomic mass is 16.6. The highest BCUT2D eigenvalue weighted by Gasteiger charge is 2.21. The maximum atomic E-state index is 10.3. The van der Waals surface area contributed by atoms with Gasteiger partial charge in [0.05, 0.1) is 11.1 Å². The van der Waals surface area contributed by atoms with E-state index < -0.39 is 4.92 Å². The maximum absolute atomic E-state index is 10.3. The molecule has 0 N–H and O–H groups in total. The second kappa shape index (κ2) is 2.37. The zero-order valence-electron chi connectivity index (χ0n) is 6.04. The number of rotatable bonds is 1. The van der Waals surface area contributed by atoms with Crippen LogP contribution in [-0.2, 0) is 0 Å². The van der Waals surface area contributed by atoms with E-state index in [9.17, 15) is 10.1 Å². The fraction of sp³-hybridized carbons (Fsp3) is 0.143. The summed E-state index contributed by atoms with van der Waals surface area (Å²) in [4.78, 5) is 9.92. The molecule has 0 radical (unpaired) electrons. The quantitative estimate of drug-likeness (QED) is 0.433. The Hall–Kier alpha value is -1.78. The minimum atomic E-state index is -0.425. The molecule has 0 aromatic heterocycles. The Labute approximate surface area is 67.9 Å². The molecule has 0 spiro atoms. The molecule has 5 heteroatoms. The second-order valence-electron chi connectivity index (χ2n) is 2.49. The topological polar surface area (TPSA) is 67.9 Å². The van der Waals surface area contributed by atoms with Gasteiger partial charge in [-0.1, -0.05) is 0 Å². The van der Waals surface area contributed by atoms with E-state index in [2.05, 4.69) is 10.2 Å². The molecule has 1 aliphatic carbocycles. The Balaban J connectivity index is 2.34. The lowest BCUT2D eigenvalue weighted by Gasteiger charge is -2.05. The Kier molecular flexibility index (Phi) is 1.36. The lowest BCUT2D eigenvalue weighted by molar-refractivity contribution is -0.419. The van der Waals surface area contributed by atoms with E-state index in [-0.39, 0.29) is 11.7 Å². The van der Waals surface area contributed by atoms with Crippen LogP contribution < -0.4 is 0 Å². The molecule has 0 saturated carbocycles. The summed E-state index contributed by atoms with van der Waals surface area (Å²) in [5.41, 5.74) is 0.869. The summed E-state index contributed by atoms with van der Waals surface area (Å²) in [5.74, 6) is 0. The summed E-state index contributed by atoms with van der Waals surface area (Å²) in [7, 11) is 0. The Bertz CT molecular complexity index is 352. The van der Waals surface area contributed by atoms with Crippen LogP contribution in [-0.4, -0.2) is 11.0 Å². The molecule has 5 nitrogen and oxygen atoms in total. The van der Waals surface area contributed by atoms with Crippen molar-refractivity contribution in [2.24, 2.45) is 10.2 Å². The average Bonchev–Trinajstić information content (AvgIpc) is 2.49. The largest absolute Gasteiger partial charge is 0.269 e. The number of nitro groups is 1. The SMILES string of the molecule is O=[N+]([O-])C1=CC2=CN=N[C@@H]2C=C1. The van der Waals surface area contributed by atoms with E-state index >= 15 is 0 Å². The number of hydrogen-bond donors (Lipinski definition) is 0. The Morgan fingerprint density at radius 3 is 3.17 bits per heavy atom. The number of fused-ring (bicyclic) bond motifs is 1. The van der Waals surface area contributed by atoms with Gasteiger partial charge in [-0.05, 0) is 6.08 Å². The molecule has 0 fully saturated rings. The molecule has 1 aliphatic heterocycles. The van der Waals surface area contributed by atoms with Crippen LogP contribution in [0.2, 0.25) is 0 Å². The van der Waals surface area contributed by atoms with Crippen LogP contribution in [0.1, 0.15) is 0 Å². The molecular weight excluding hydrogens is 158 g/mol. The van der Waals surface area contributed by atoms with Crippen LogP contribution in [0.15, 0.2) is 45.9 Å². The summed E-state index contributed by atoms with van der Waals surface area (Å²) in [6, 6.07) is -0.103. The van der Waals surface area contributed by atoms with E-state index in [4.69, 9.17) is 0 Å². The standard InChI is InChI=1S/C7H5N3O2/c11-10(12)6-1-2-7-5(3-6)4-8-9-7/h1-4,7H/t7-/m1/s1. The third-order valence-electron chi connectivity index (χ3n) is 1.71. The van der Waals surface area contributed by atoms with Gasteiger partial charge in [-0.25, -0.2) is 0 Å². The molecule has 0 aromatic rings. The van der Waals surface area contributed by atoms with Gasteiger partial charge in [-0.2, -0.15) is 10.2 Å². The molecule has 0 bridgehead atoms. The molecule has 1 heterocycles. The van der Waals surface area contributed by atoms with Gasteiger partial charge in [0.1, 0.15) is 6.04 Å². The highest BCUT2D eigenvalue weighted by Crippen LogP contribution is 2.23. The van der Waals surface area contributed by atoms with Crippen LogP contribution in [0.25, 0.3) is 0 Å². The van der Waals surface area contributed by atoms with Crippen molar-refractivity contribution >= 4 is 0 Å². The third-order valence-corrected chi connectivity index (χ3v) is 1.71. The summed E-state index contributed by atoms with van der Waals surface area (Å²) >= 11 is 0. The van der Waals surface area contributed by atoms with Crippen molar-refractivity contribution in [2.75, 3.05) is 0 Å². The fourth-order valence-electron chi connectivity index (χ4n) is 1.11. The van der Waals surface area contributed by atoms with E-state index in [1.165, 1.54) is 18.4 Å². The molecule has 2 aliphatic rings. The maximum Gasteiger partial charge on any atom is 0.269 e. The molecule has 1 atom stereocenters. The molecular formula is C7H5N3O2. The molecule has 12 heavy (non-hydrogen) atoms. The molecule has 0 aromatic carbocycles. The average molecular weight is 163 g/mol. The second-order valence-corrected chi connectivity index (χ2v) is 2.49. The van der Waals surface area contributed by atoms with Crippen LogP contribution in [0, 0.1) is 10.1 Å². The number of nitrogens with zero attached hydrogens (tertiary/aromatic N) is 3. The summed E-state index contributed by atoms with van der Waals surface area (Å²) < 4.78 is 0. The van der Waals surface area contributed by atoms with Crippen molar-refractivity contribution in [1.82, 2.24) is 0 Å².